The van der Waals surface area contributed by atoms with Crippen LogP contribution in [0.2, 0.25) is 0 Å². The molecule has 0 atom stereocenters. The predicted octanol–water partition coefficient (Wildman–Crippen LogP) is 3.63. The van der Waals surface area contributed by atoms with E-state index in [9.17, 15) is 4.79 Å². The molecule has 0 radical (unpaired) electrons. The lowest BCUT2D eigenvalue weighted by Gasteiger charge is -2.36. The minimum absolute atomic E-state index is 0.0165. The molecular weight excluding hydrogens is 306 g/mol. The van der Waals surface area contributed by atoms with Crippen molar-refractivity contribution in [2.45, 2.75) is 18.3 Å². The maximum absolute atomic E-state index is 12.1. The quantitative estimate of drug-likeness (QED) is 0.852. The summed E-state index contributed by atoms with van der Waals surface area (Å²) in [6.45, 7) is 2.18. The Kier molecular flexibility index (Phi) is 5.26. The Morgan fingerprint density at radius 3 is 2.65 bits per heavy atom. The van der Waals surface area contributed by atoms with Gasteiger partial charge in [0.05, 0.1) is 0 Å². The fourth-order valence-electron chi connectivity index (χ4n) is 2.90. The van der Waals surface area contributed by atoms with Crippen molar-refractivity contribution in [3.05, 3.63) is 64.4 Å². The second-order valence-corrected chi connectivity index (χ2v) is 6.78. The topological polar surface area (TPSA) is 38.3 Å². The van der Waals surface area contributed by atoms with Gasteiger partial charge in [0.15, 0.2) is 0 Å². The summed E-state index contributed by atoms with van der Waals surface area (Å²) < 4.78 is 5.51. The molecule has 3 nitrogen and oxygen atoms in total. The lowest BCUT2D eigenvalue weighted by molar-refractivity contribution is -0.116. The molecule has 1 saturated heterocycles. The van der Waals surface area contributed by atoms with Gasteiger partial charge >= 0.3 is 0 Å². The zero-order valence-corrected chi connectivity index (χ0v) is 13.9. The summed E-state index contributed by atoms with van der Waals surface area (Å²) >= 11 is 1.77. The Morgan fingerprint density at radius 2 is 1.96 bits per heavy atom. The van der Waals surface area contributed by atoms with Gasteiger partial charge in [-0.25, -0.2) is 0 Å². The van der Waals surface area contributed by atoms with E-state index in [1.54, 1.807) is 17.4 Å². The van der Waals surface area contributed by atoms with Crippen LogP contribution in [-0.2, 0) is 14.9 Å². The Labute approximate surface area is 141 Å². The second kappa shape index (κ2) is 7.57. The first-order chi connectivity index (χ1) is 11.3. The summed E-state index contributed by atoms with van der Waals surface area (Å²) in [5, 5.41) is 5.18. The van der Waals surface area contributed by atoms with E-state index in [-0.39, 0.29) is 11.3 Å². The van der Waals surface area contributed by atoms with Gasteiger partial charge in [-0.2, -0.15) is 0 Å². The maximum Gasteiger partial charge on any atom is 0.244 e. The molecule has 1 N–H and O–H groups in total. The zero-order valence-electron chi connectivity index (χ0n) is 13.0. The number of hydrogen-bond acceptors (Lipinski definition) is 3. The minimum atomic E-state index is -0.0451. The normalized spacial score (nSPS) is 17.2. The minimum Gasteiger partial charge on any atom is -0.381 e. The number of amides is 1. The Hall–Kier alpha value is -1.91. The number of thiophene rings is 1. The van der Waals surface area contributed by atoms with Crippen LogP contribution in [0.5, 0.6) is 0 Å². The van der Waals surface area contributed by atoms with Crippen molar-refractivity contribution >= 4 is 23.3 Å². The van der Waals surface area contributed by atoms with Crippen LogP contribution in [-0.4, -0.2) is 25.7 Å². The third kappa shape index (κ3) is 4.09. The van der Waals surface area contributed by atoms with Gasteiger partial charge < -0.3 is 10.1 Å². The lowest BCUT2D eigenvalue weighted by atomic mass is 9.78. The fraction of sp³-hybridized carbons (Fsp3) is 0.316. The molecule has 3 rings (SSSR count). The summed E-state index contributed by atoms with van der Waals surface area (Å²) in [6, 6.07) is 14.1. The summed E-state index contributed by atoms with van der Waals surface area (Å²) in [4.78, 5) is 13.5. The highest BCUT2D eigenvalue weighted by Gasteiger charge is 2.35. The smallest absolute Gasteiger partial charge is 0.244 e. The van der Waals surface area contributed by atoms with Crippen molar-refractivity contribution in [3.63, 3.8) is 0 Å². The van der Waals surface area contributed by atoms with Gasteiger partial charge in [0.25, 0.3) is 0 Å². The Balaban J connectivity index is 1.63. The molecule has 0 unspecified atom stereocenters. The summed E-state index contributed by atoms with van der Waals surface area (Å²) in [7, 11) is 0. The monoisotopic (exact) mass is 327 g/mol. The van der Waals surface area contributed by atoms with Crippen LogP contribution in [0, 0.1) is 0 Å². The molecule has 1 amide bonds. The van der Waals surface area contributed by atoms with Crippen LogP contribution >= 0.6 is 11.3 Å². The summed E-state index contributed by atoms with van der Waals surface area (Å²) in [6.07, 6.45) is 5.36. The summed E-state index contributed by atoms with van der Waals surface area (Å²) in [5.41, 5.74) is 1.05. The number of nitrogens with one attached hydrogen (secondary N) is 1. The van der Waals surface area contributed by atoms with Crippen molar-refractivity contribution < 1.29 is 9.53 Å². The SMILES string of the molecule is O=C(C=Cc1ccccc1)NCC1(c2cccs2)CCOCC1. The molecule has 1 aromatic heterocycles. The number of hydrogen-bond donors (Lipinski definition) is 1. The molecule has 0 bridgehead atoms. The van der Waals surface area contributed by atoms with E-state index in [4.69, 9.17) is 4.74 Å². The molecule has 2 heterocycles. The van der Waals surface area contributed by atoms with Gasteiger partial charge in [-0.05, 0) is 35.9 Å². The highest BCUT2D eigenvalue weighted by atomic mass is 32.1. The van der Waals surface area contributed by atoms with Crippen molar-refractivity contribution in [1.29, 1.82) is 0 Å². The van der Waals surface area contributed by atoms with Crippen molar-refractivity contribution in [1.82, 2.24) is 5.32 Å². The third-order valence-corrected chi connectivity index (χ3v) is 5.44. The molecule has 4 heteroatoms. The van der Waals surface area contributed by atoms with Gasteiger partial charge in [0.1, 0.15) is 0 Å². The molecule has 0 aliphatic carbocycles. The van der Waals surface area contributed by atoms with Crippen LogP contribution < -0.4 is 5.32 Å². The van der Waals surface area contributed by atoms with Gasteiger partial charge in [0.2, 0.25) is 5.91 Å². The van der Waals surface area contributed by atoms with Crippen LogP contribution in [0.4, 0.5) is 0 Å². The van der Waals surface area contributed by atoms with E-state index in [2.05, 4.69) is 22.8 Å². The fourth-order valence-corrected chi connectivity index (χ4v) is 3.89. The van der Waals surface area contributed by atoms with E-state index in [1.807, 2.05) is 36.4 Å². The second-order valence-electron chi connectivity index (χ2n) is 5.83. The first kappa shape index (κ1) is 16.0. The molecule has 120 valence electrons. The predicted molar refractivity (Wildman–Crippen MR) is 94.5 cm³/mol. The van der Waals surface area contributed by atoms with Crippen LogP contribution in [0.1, 0.15) is 23.3 Å². The van der Waals surface area contributed by atoms with E-state index < -0.39 is 0 Å². The molecule has 23 heavy (non-hydrogen) atoms. The van der Waals surface area contributed by atoms with Crippen LogP contribution in [0.25, 0.3) is 6.08 Å². The van der Waals surface area contributed by atoms with E-state index in [0.717, 1.165) is 31.6 Å². The average molecular weight is 327 g/mol. The zero-order chi connectivity index (χ0) is 16.0. The molecule has 1 aromatic carbocycles. The standard InChI is InChI=1S/C19H21NO2S/c21-18(9-8-16-5-2-1-3-6-16)20-15-19(10-12-22-13-11-19)17-7-4-14-23-17/h1-9,14H,10-13,15H2,(H,20,21). The van der Waals surface area contributed by atoms with E-state index in [1.165, 1.54) is 4.88 Å². The maximum atomic E-state index is 12.1. The van der Waals surface area contributed by atoms with Gasteiger partial charge in [-0.3, -0.25) is 4.79 Å². The van der Waals surface area contributed by atoms with Gasteiger partial charge in [-0.15, -0.1) is 11.3 Å². The first-order valence-corrected chi connectivity index (χ1v) is 8.79. The molecular formula is C19H21NO2S. The van der Waals surface area contributed by atoms with Crippen molar-refractivity contribution in [3.8, 4) is 0 Å². The molecule has 1 aliphatic heterocycles. The molecule has 1 aliphatic rings. The number of carbonyl (C=O) groups is 1. The van der Waals surface area contributed by atoms with Crippen LogP contribution in [0.15, 0.2) is 53.9 Å². The van der Waals surface area contributed by atoms with E-state index >= 15 is 0 Å². The van der Waals surface area contributed by atoms with Crippen LogP contribution in [0.3, 0.4) is 0 Å². The highest BCUT2D eigenvalue weighted by molar-refractivity contribution is 7.10. The number of benzene rings is 1. The lowest BCUT2D eigenvalue weighted by Crippen LogP contribution is -2.43. The molecule has 0 saturated carbocycles. The Morgan fingerprint density at radius 1 is 1.17 bits per heavy atom. The molecule has 2 aromatic rings. The molecule has 0 spiro atoms. The third-order valence-electron chi connectivity index (χ3n) is 4.32. The van der Waals surface area contributed by atoms with Gasteiger partial charge in [0, 0.05) is 36.1 Å². The largest absolute Gasteiger partial charge is 0.381 e. The van der Waals surface area contributed by atoms with Crippen molar-refractivity contribution in [2.24, 2.45) is 0 Å². The number of rotatable bonds is 5. The molecule has 1 fully saturated rings. The first-order valence-electron chi connectivity index (χ1n) is 7.91. The number of carbonyl (C=O) groups excluding carboxylic acids is 1. The average Bonchev–Trinajstić information content (AvgIpc) is 3.15. The number of ether oxygens (including phenoxy) is 1. The highest BCUT2D eigenvalue weighted by Crippen LogP contribution is 2.36. The van der Waals surface area contributed by atoms with Crippen molar-refractivity contribution in [2.75, 3.05) is 19.8 Å². The van der Waals surface area contributed by atoms with E-state index in [0.29, 0.717) is 6.54 Å². The summed E-state index contributed by atoms with van der Waals surface area (Å²) in [5.74, 6) is -0.0451. The Bertz CT molecular complexity index is 643. The van der Waals surface area contributed by atoms with Gasteiger partial charge in [-0.1, -0.05) is 36.4 Å².